The lowest BCUT2D eigenvalue weighted by atomic mass is 10.2. The van der Waals surface area contributed by atoms with Gasteiger partial charge in [-0.3, -0.25) is 14.7 Å². The molecule has 0 bridgehead atoms. The molecular weight excluding hydrogens is 288 g/mol. The molecule has 6 nitrogen and oxygen atoms in total. The van der Waals surface area contributed by atoms with E-state index in [0.717, 1.165) is 30.0 Å². The van der Waals surface area contributed by atoms with Crippen molar-refractivity contribution in [2.75, 3.05) is 18.1 Å². The molecule has 0 aliphatic carbocycles. The zero-order valence-electron chi connectivity index (χ0n) is 11.7. The first-order valence-corrected chi connectivity index (χ1v) is 7.69. The molecular formula is C14H16N4O2S. The Morgan fingerprint density at radius 2 is 2.43 bits per heavy atom. The molecule has 3 rings (SSSR count). The maximum absolute atomic E-state index is 11.9. The maximum atomic E-state index is 11.9. The summed E-state index contributed by atoms with van der Waals surface area (Å²) in [5.74, 6) is -0.0422. The van der Waals surface area contributed by atoms with Crippen molar-refractivity contribution in [3.8, 4) is 10.6 Å². The second-order valence-electron chi connectivity index (χ2n) is 4.90. The molecule has 1 aliphatic heterocycles. The first-order chi connectivity index (χ1) is 10.2. The van der Waals surface area contributed by atoms with Crippen LogP contribution in [0.4, 0.5) is 5.13 Å². The van der Waals surface area contributed by atoms with Crippen LogP contribution in [0.1, 0.15) is 19.8 Å². The van der Waals surface area contributed by atoms with Crippen molar-refractivity contribution in [2.45, 2.75) is 25.9 Å². The Morgan fingerprint density at radius 1 is 1.52 bits per heavy atom. The van der Waals surface area contributed by atoms with Crippen molar-refractivity contribution >= 4 is 22.4 Å². The summed E-state index contributed by atoms with van der Waals surface area (Å²) in [6.07, 6.45) is 5.58. The van der Waals surface area contributed by atoms with Gasteiger partial charge in [-0.25, -0.2) is 0 Å². The van der Waals surface area contributed by atoms with Crippen LogP contribution in [0.15, 0.2) is 24.5 Å². The minimum Gasteiger partial charge on any atom is -0.376 e. The molecule has 110 valence electrons. The highest BCUT2D eigenvalue weighted by molar-refractivity contribution is 7.18. The van der Waals surface area contributed by atoms with Crippen LogP contribution in [0.2, 0.25) is 0 Å². The summed E-state index contributed by atoms with van der Waals surface area (Å²) >= 11 is 1.39. The summed E-state index contributed by atoms with van der Waals surface area (Å²) in [5.41, 5.74) is 0.905. The summed E-state index contributed by atoms with van der Waals surface area (Å²) < 4.78 is 5.60. The van der Waals surface area contributed by atoms with Crippen LogP contribution >= 0.6 is 11.3 Å². The molecule has 2 aromatic heterocycles. The summed E-state index contributed by atoms with van der Waals surface area (Å²) in [6, 6.07) is 3.78. The number of carbonyl (C=O) groups excluding carboxylic acids is 1. The lowest BCUT2D eigenvalue weighted by Gasteiger charge is -2.20. The predicted octanol–water partition coefficient (Wildman–Crippen LogP) is 2.13. The molecule has 0 spiro atoms. The number of carbonyl (C=O) groups is 1. The van der Waals surface area contributed by atoms with E-state index < -0.39 is 0 Å². The summed E-state index contributed by atoms with van der Waals surface area (Å²) in [6.45, 7) is 2.85. The monoisotopic (exact) mass is 304 g/mol. The highest BCUT2D eigenvalue weighted by Crippen LogP contribution is 2.29. The van der Waals surface area contributed by atoms with Crippen LogP contribution in [0.3, 0.4) is 0 Å². The minimum atomic E-state index is -0.0422. The molecule has 1 fully saturated rings. The molecule has 2 aromatic rings. The van der Waals surface area contributed by atoms with Crippen molar-refractivity contribution in [1.29, 1.82) is 0 Å². The van der Waals surface area contributed by atoms with Crippen molar-refractivity contribution in [2.24, 2.45) is 0 Å². The highest BCUT2D eigenvalue weighted by atomic mass is 32.1. The van der Waals surface area contributed by atoms with E-state index in [2.05, 4.69) is 15.2 Å². The SMILES string of the molecule is CC(=O)N(CC1CCCO1)c1nnc(-c2cccnc2)s1. The average molecular weight is 304 g/mol. The minimum absolute atomic E-state index is 0.0422. The molecule has 0 radical (unpaired) electrons. The Kier molecular flexibility index (Phi) is 4.21. The molecule has 1 aliphatic rings. The third-order valence-corrected chi connectivity index (χ3v) is 4.34. The van der Waals surface area contributed by atoms with E-state index in [4.69, 9.17) is 4.74 Å². The first kappa shape index (κ1) is 14.1. The lowest BCUT2D eigenvalue weighted by molar-refractivity contribution is -0.116. The maximum Gasteiger partial charge on any atom is 0.225 e. The van der Waals surface area contributed by atoms with E-state index in [-0.39, 0.29) is 12.0 Å². The Bertz CT molecular complexity index is 610. The van der Waals surface area contributed by atoms with E-state index in [0.29, 0.717) is 11.7 Å². The predicted molar refractivity (Wildman–Crippen MR) is 80.1 cm³/mol. The molecule has 1 unspecified atom stereocenters. The molecule has 21 heavy (non-hydrogen) atoms. The van der Waals surface area contributed by atoms with Gasteiger partial charge in [0.05, 0.1) is 12.6 Å². The third-order valence-electron chi connectivity index (χ3n) is 3.34. The molecule has 7 heteroatoms. The van der Waals surface area contributed by atoms with Gasteiger partial charge in [-0.05, 0) is 25.0 Å². The van der Waals surface area contributed by atoms with Crippen LogP contribution in [0, 0.1) is 0 Å². The largest absolute Gasteiger partial charge is 0.376 e. The Hall–Kier alpha value is -1.86. The molecule has 1 atom stereocenters. The first-order valence-electron chi connectivity index (χ1n) is 6.87. The standard InChI is InChI=1S/C14H16N4O2S/c1-10(19)18(9-12-5-3-7-20-12)14-17-16-13(21-14)11-4-2-6-15-8-11/h2,4,6,8,12H,3,5,7,9H2,1H3. The van der Waals surface area contributed by atoms with E-state index in [9.17, 15) is 4.79 Å². The van der Waals surface area contributed by atoms with Gasteiger partial charge in [-0.15, -0.1) is 10.2 Å². The van der Waals surface area contributed by atoms with Crippen LogP contribution in [0.25, 0.3) is 10.6 Å². The molecule has 1 saturated heterocycles. The van der Waals surface area contributed by atoms with Crippen molar-refractivity contribution in [3.05, 3.63) is 24.5 Å². The number of hydrogen-bond donors (Lipinski definition) is 0. The van der Waals surface area contributed by atoms with E-state index >= 15 is 0 Å². The number of nitrogens with zero attached hydrogens (tertiary/aromatic N) is 4. The average Bonchev–Trinajstić information content (AvgIpc) is 3.17. The summed E-state index contributed by atoms with van der Waals surface area (Å²) in [4.78, 5) is 17.6. The Labute approximate surface area is 126 Å². The van der Waals surface area contributed by atoms with E-state index in [1.54, 1.807) is 24.2 Å². The number of rotatable bonds is 4. The van der Waals surface area contributed by atoms with Gasteiger partial charge >= 0.3 is 0 Å². The van der Waals surface area contributed by atoms with Gasteiger partial charge < -0.3 is 4.74 Å². The third kappa shape index (κ3) is 3.25. The van der Waals surface area contributed by atoms with Crippen LogP contribution in [0.5, 0.6) is 0 Å². The van der Waals surface area contributed by atoms with E-state index in [1.165, 1.54) is 11.3 Å². The number of pyridine rings is 1. The quantitative estimate of drug-likeness (QED) is 0.865. The van der Waals surface area contributed by atoms with Gasteiger partial charge in [-0.1, -0.05) is 11.3 Å². The topological polar surface area (TPSA) is 68.2 Å². The van der Waals surface area contributed by atoms with Crippen molar-refractivity contribution in [3.63, 3.8) is 0 Å². The fourth-order valence-corrected chi connectivity index (χ4v) is 3.15. The molecule has 0 saturated carbocycles. The highest BCUT2D eigenvalue weighted by Gasteiger charge is 2.24. The molecule has 1 amide bonds. The van der Waals surface area contributed by atoms with Gasteiger partial charge in [0, 0.05) is 31.5 Å². The number of ether oxygens (including phenoxy) is 1. The Morgan fingerprint density at radius 3 is 3.10 bits per heavy atom. The lowest BCUT2D eigenvalue weighted by Crippen LogP contribution is -2.35. The van der Waals surface area contributed by atoms with Crippen LogP contribution < -0.4 is 4.90 Å². The second-order valence-corrected chi connectivity index (χ2v) is 5.85. The fraction of sp³-hybridized carbons (Fsp3) is 0.429. The fourth-order valence-electron chi connectivity index (χ4n) is 2.26. The molecule has 0 N–H and O–H groups in total. The molecule has 0 aromatic carbocycles. The van der Waals surface area contributed by atoms with Gasteiger partial charge in [-0.2, -0.15) is 0 Å². The van der Waals surface area contributed by atoms with Gasteiger partial charge in [0.15, 0.2) is 5.01 Å². The van der Waals surface area contributed by atoms with Crippen LogP contribution in [-0.4, -0.2) is 40.3 Å². The number of hydrogen-bond acceptors (Lipinski definition) is 6. The second kappa shape index (κ2) is 6.28. The van der Waals surface area contributed by atoms with Gasteiger partial charge in [0.1, 0.15) is 0 Å². The number of anilines is 1. The van der Waals surface area contributed by atoms with E-state index in [1.807, 2.05) is 12.1 Å². The zero-order valence-corrected chi connectivity index (χ0v) is 12.5. The van der Waals surface area contributed by atoms with Crippen LogP contribution in [-0.2, 0) is 9.53 Å². The smallest absolute Gasteiger partial charge is 0.225 e. The normalized spacial score (nSPS) is 17.9. The summed E-state index contributed by atoms with van der Waals surface area (Å²) in [7, 11) is 0. The number of amides is 1. The van der Waals surface area contributed by atoms with Crippen molar-refractivity contribution in [1.82, 2.24) is 15.2 Å². The Balaban J connectivity index is 1.80. The molecule has 3 heterocycles. The van der Waals surface area contributed by atoms with Crippen molar-refractivity contribution < 1.29 is 9.53 Å². The zero-order chi connectivity index (χ0) is 14.7. The van der Waals surface area contributed by atoms with Gasteiger partial charge in [0.2, 0.25) is 11.0 Å². The van der Waals surface area contributed by atoms with Gasteiger partial charge in [0.25, 0.3) is 0 Å². The summed E-state index contributed by atoms with van der Waals surface area (Å²) in [5, 5.41) is 9.67. The number of aromatic nitrogens is 3.